The number of aryl methyl sites for hydroxylation is 1. The quantitative estimate of drug-likeness (QED) is 0.461. The molecule has 0 aliphatic rings. The van der Waals surface area contributed by atoms with Gasteiger partial charge in [0.2, 0.25) is 0 Å². The van der Waals surface area contributed by atoms with E-state index in [9.17, 15) is 0 Å². The lowest BCUT2D eigenvalue weighted by molar-refractivity contribution is 0.696. The molecule has 0 aliphatic carbocycles. The van der Waals surface area contributed by atoms with E-state index in [1.807, 2.05) is 6.92 Å². The first-order chi connectivity index (χ1) is 3.72. The fourth-order valence-corrected chi connectivity index (χ4v) is 0.301. The molecule has 0 unspecified atom stereocenters. The Morgan fingerprint density at radius 2 is 2.71 bits per heavy atom. The Kier molecular flexibility index (Phi) is 0.604. The van der Waals surface area contributed by atoms with Crippen LogP contribution in [0, 0.1) is 6.92 Å². The van der Waals surface area contributed by atoms with E-state index in [0.717, 1.165) is 5.69 Å². The van der Waals surface area contributed by atoms with Crippen LogP contribution in [0.2, 0.25) is 0 Å². The summed E-state index contributed by atoms with van der Waals surface area (Å²) in [5, 5.41) is 7.09. The van der Waals surface area contributed by atoms with E-state index in [-0.39, 0.29) is 6.17 Å². The Hall–Kier alpha value is -0.860. The Bertz CT molecular complexity index is 174. The van der Waals surface area contributed by atoms with Gasteiger partial charge in [0.25, 0.3) is 0 Å². The van der Waals surface area contributed by atoms with Gasteiger partial charge in [-0.15, -0.1) is 5.10 Å². The Labute approximate surface area is 43.4 Å². The number of rotatable bonds is 0. The van der Waals surface area contributed by atoms with Gasteiger partial charge in [0.1, 0.15) is 0 Å². The minimum absolute atomic E-state index is 0.257. The summed E-state index contributed by atoms with van der Waals surface area (Å²) in [6, 6.07) is 0. The van der Waals surface area contributed by atoms with Crippen LogP contribution in [0.4, 0.5) is 0 Å². The largest absolute Gasteiger partial charge is 0.253 e. The Morgan fingerprint density at radius 3 is 2.86 bits per heavy atom. The minimum Gasteiger partial charge on any atom is -0.253 e. The monoisotopic (exact) mass is 98.1 g/mol. The molecule has 0 saturated carbocycles. The summed E-state index contributed by atoms with van der Waals surface area (Å²) in [7, 11) is 1.76. The van der Waals surface area contributed by atoms with Gasteiger partial charge in [-0.05, 0) is 6.92 Å². The predicted molar refractivity (Wildman–Crippen MR) is 25.7 cm³/mol. The molecule has 1 heterocycles. The van der Waals surface area contributed by atoms with Crippen LogP contribution in [0.25, 0.3) is 0 Å². The molecule has 0 amide bonds. The van der Waals surface area contributed by atoms with Crippen LogP contribution in [0.1, 0.15) is 7.06 Å². The summed E-state index contributed by atoms with van der Waals surface area (Å²) < 4.78 is 8.62. The molecule has 1 rings (SSSR count). The lowest BCUT2D eigenvalue weighted by Gasteiger charge is -1.84. The third kappa shape index (κ3) is 0.607. The van der Waals surface area contributed by atoms with Crippen molar-refractivity contribution >= 4 is 0 Å². The first kappa shape index (κ1) is 3.18. The molecule has 0 aromatic carbocycles. The van der Waals surface area contributed by atoms with Gasteiger partial charge in [0.05, 0.1) is 13.2 Å². The lowest BCUT2D eigenvalue weighted by atomic mass is 10.6. The lowest BCUT2D eigenvalue weighted by Crippen LogP contribution is -1.91. The maximum atomic E-state index is 7.05. The second kappa shape index (κ2) is 1.33. The van der Waals surface area contributed by atoms with Crippen molar-refractivity contribution in [1.82, 2.24) is 15.0 Å². The summed E-state index contributed by atoms with van der Waals surface area (Å²) in [6.45, 7) is 1.81. The first-order valence-electron chi connectivity index (χ1n) is 2.54. The Morgan fingerprint density at radius 1 is 2.00 bits per heavy atom. The van der Waals surface area contributed by atoms with E-state index >= 15 is 0 Å². The molecular formula is C4H7N3. The van der Waals surface area contributed by atoms with Crippen LogP contribution >= 0.6 is 0 Å². The van der Waals surface area contributed by atoms with Crippen LogP contribution in [0.3, 0.4) is 0 Å². The Balaban J connectivity index is 3.19. The summed E-state index contributed by atoms with van der Waals surface area (Å²) in [5.74, 6) is 0. The molecule has 3 heteroatoms. The van der Waals surface area contributed by atoms with E-state index < -0.39 is 0 Å². The molecule has 1 aromatic rings. The molecule has 0 radical (unpaired) electrons. The van der Waals surface area contributed by atoms with E-state index in [1.165, 1.54) is 0 Å². The molecular weight excluding hydrogens is 90.1 g/mol. The van der Waals surface area contributed by atoms with Crippen molar-refractivity contribution in [3.8, 4) is 0 Å². The molecule has 7 heavy (non-hydrogen) atoms. The third-order valence-electron chi connectivity index (χ3n) is 0.876. The highest BCUT2D eigenvalue weighted by Gasteiger charge is 1.85. The number of nitrogens with zero attached hydrogens (tertiary/aromatic N) is 3. The minimum atomic E-state index is 0.257. The second-order valence-electron chi connectivity index (χ2n) is 1.41. The van der Waals surface area contributed by atoms with Crippen molar-refractivity contribution in [3.63, 3.8) is 0 Å². The summed E-state index contributed by atoms with van der Waals surface area (Å²) in [4.78, 5) is 0. The van der Waals surface area contributed by atoms with E-state index in [2.05, 4.69) is 10.3 Å². The highest BCUT2D eigenvalue weighted by Crippen LogP contribution is 1.84. The fourth-order valence-electron chi connectivity index (χ4n) is 0.301. The van der Waals surface area contributed by atoms with Gasteiger partial charge in [-0.3, -0.25) is 4.68 Å². The van der Waals surface area contributed by atoms with Gasteiger partial charge in [0, 0.05) is 7.05 Å². The van der Waals surface area contributed by atoms with Gasteiger partial charge >= 0.3 is 0 Å². The third-order valence-corrected chi connectivity index (χ3v) is 0.876. The maximum absolute atomic E-state index is 7.05. The first-order valence-corrected chi connectivity index (χ1v) is 2.04. The zero-order valence-corrected chi connectivity index (χ0v) is 4.34. The van der Waals surface area contributed by atoms with Crippen LogP contribution in [-0.4, -0.2) is 15.0 Å². The molecule has 0 saturated heterocycles. The molecule has 0 aliphatic heterocycles. The van der Waals surface area contributed by atoms with Gasteiger partial charge in [-0.2, -0.15) is 0 Å². The summed E-state index contributed by atoms with van der Waals surface area (Å²) in [5.41, 5.74) is 0.796. The molecule has 0 bridgehead atoms. The van der Waals surface area contributed by atoms with Crippen LogP contribution < -0.4 is 0 Å². The molecule has 38 valence electrons. The van der Waals surface area contributed by atoms with Crippen molar-refractivity contribution < 1.29 is 1.37 Å². The SMILES string of the molecule is [2H]c1nnn(C)c1C. The molecule has 0 fully saturated rings. The number of hydrogen-bond acceptors (Lipinski definition) is 2. The molecule has 0 spiro atoms. The van der Waals surface area contributed by atoms with E-state index in [1.54, 1.807) is 11.7 Å². The highest BCUT2D eigenvalue weighted by atomic mass is 15.4. The van der Waals surface area contributed by atoms with Crippen LogP contribution in [0.15, 0.2) is 6.17 Å². The molecule has 0 N–H and O–H groups in total. The van der Waals surface area contributed by atoms with Crippen LogP contribution in [0.5, 0.6) is 0 Å². The average molecular weight is 98.1 g/mol. The normalized spacial score (nSPS) is 11.4. The van der Waals surface area contributed by atoms with Gasteiger partial charge in [0.15, 0.2) is 0 Å². The number of aromatic nitrogens is 3. The molecule has 0 atom stereocenters. The average Bonchev–Trinajstić information content (AvgIpc) is 1.98. The van der Waals surface area contributed by atoms with E-state index in [0.29, 0.717) is 0 Å². The number of hydrogen-bond donors (Lipinski definition) is 0. The zero-order chi connectivity index (χ0) is 6.15. The smallest absolute Gasteiger partial charge is 0.0880 e. The topological polar surface area (TPSA) is 30.7 Å². The summed E-state index contributed by atoms with van der Waals surface area (Å²) in [6.07, 6.45) is 0.257. The fraction of sp³-hybridized carbons (Fsp3) is 0.500. The van der Waals surface area contributed by atoms with E-state index in [4.69, 9.17) is 1.37 Å². The van der Waals surface area contributed by atoms with Crippen molar-refractivity contribution in [3.05, 3.63) is 11.9 Å². The highest BCUT2D eigenvalue weighted by molar-refractivity contribution is 4.86. The van der Waals surface area contributed by atoms with Crippen molar-refractivity contribution in [2.75, 3.05) is 0 Å². The van der Waals surface area contributed by atoms with Gasteiger partial charge in [-0.25, -0.2) is 0 Å². The standard InChI is InChI=1S/C4H7N3/c1-4-3-5-6-7(4)2/h3H,1-2H3/i3D. The van der Waals surface area contributed by atoms with Gasteiger partial charge in [-0.1, -0.05) is 5.21 Å². The maximum Gasteiger partial charge on any atom is 0.0880 e. The zero-order valence-electron chi connectivity index (χ0n) is 5.34. The van der Waals surface area contributed by atoms with Crippen molar-refractivity contribution in [2.45, 2.75) is 6.92 Å². The second-order valence-corrected chi connectivity index (χ2v) is 1.41. The van der Waals surface area contributed by atoms with Crippen LogP contribution in [-0.2, 0) is 7.05 Å². The summed E-state index contributed by atoms with van der Waals surface area (Å²) >= 11 is 0. The molecule has 1 aromatic heterocycles. The predicted octanol–water partition coefficient (Wildman–Crippen LogP) is 0.124. The van der Waals surface area contributed by atoms with Crippen molar-refractivity contribution in [1.29, 1.82) is 0 Å². The van der Waals surface area contributed by atoms with Gasteiger partial charge < -0.3 is 0 Å². The molecule has 3 nitrogen and oxygen atoms in total. The van der Waals surface area contributed by atoms with Crippen molar-refractivity contribution in [2.24, 2.45) is 7.05 Å².